The van der Waals surface area contributed by atoms with Crippen LogP contribution in [0, 0.1) is 0 Å². The summed E-state index contributed by atoms with van der Waals surface area (Å²) in [6, 6.07) is 25.4. The number of aliphatic hydroxyl groups is 1. The fourth-order valence-corrected chi connectivity index (χ4v) is 3.06. The predicted octanol–water partition coefficient (Wildman–Crippen LogP) is 3.81. The summed E-state index contributed by atoms with van der Waals surface area (Å²) in [6.45, 7) is 0.0997. The molecule has 0 aliphatic carbocycles. The molecule has 0 bridgehead atoms. The van der Waals surface area contributed by atoms with Gasteiger partial charge in [0, 0.05) is 17.8 Å². The number of nitrogens with zero attached hydrogens (tertiary/aromatic N) is 2. The lowest BCUT2D eigenvalue weighted by Crippen LogP contribution is -2.07. The van der Waals surface area contributed by atoms with Crippen molar-refractivity contribution < 1.29 is 9.90 Å². The number of imidazole rings is 1. The van der Waals surface area contributed by atoms with E-state index >= 15 is 0 Å². The van der Waals surface area contributed by atoms with Crippen LogP contribution in [0.5, 0.6) is 0 Å². The Labute approximate surface area is 156 Å². The Balaban J connectivity index is 1.63. The molecule has 1 aromatic heterocycles. The number of benzene rings is 3. The lowest BCUT2D eigenvalue weighted by molar-refractivity contribution is 0.0903. The molecule has 0 amide bonds. The summed E-state index contributed by atoms with van der Waals surface area (Å²) in [5, 5.41) is 12.3. The number of Topliss-reactive ketones (excluding diaryl/α,β-unsaturated/α-hetero) is 1. The first-order chi connectivity index (χ1) is 13.3. The monoisotopic (exact) mass is 357 g/mol. The van der Waals surface area contributed by atoms with Gasteiger partial charge in [-0.2, -0.15) is 0 Å². The van der Waals surface area contributed by atoms with E-state index in [1.165, 1.54) is 0 Å². The van der Waals surface area contributed by atoms with Crippen molar-refractivity contribution in [1.29, 1.82) is 0 Å². The third kappa shape index (κ3) is 3.45. The summed E-state index contributed by atoms with van der Waals surface area (Å²) in [6.07, 6.45) is 0. The number of hydrogen-bond acceptors (Lipinski definition) is 4. The Morgan fingerprint density at radius 1 is 0.926 bits per heavy atom. The molecule has 0 aliphatic heterocycles. The van der Waals surface area contributed by atoms with Gasteiger partial charge in [-0.15, -0.1) is 0 Å². The molecule has 4 rings (SSSR count). The number of anilines is 1. The molecule has 2 N–H and O–H groups in total. The highest BCUT2D eigenvalue weighted by atomic mass is 16.3. The summed E-state index contributed by atoms with van der Waals surface area (Å²) in [5.41, 5.74) is 4.54. The van der Waals surface area contributed by atoms with Gasteiger partial charge in [0.05, 0.1) is 11.0 Å². The van der Waals surface area contributed by atoms with E-state index in [1.807, 2.05) is 48.5 Å². The van der Waals surface area contributed by atoms with Crippen LogP contribution in [0.4, 0.5) is 5.95 Å². The molecule has 0 unspecified atom stereocenters. The van der Waals surface area contributed by atoms with Gasteiger partial charge in [-0.1, -0.05) is 54.6 Å². The largest absolute Gasteiger partial charge is 0.388 e. The molecule has 0 radical (unpaired) electrons. The van der Waals surface area contributed by atoms with Crippen LogP contribution in [0.25, 0.3) is 16.7 Å². The second-order valence-corrected chi connectivity index (χ2v) is 6.23. The summed E-state index contributed by atoms with van der Waals surface area (Å²) < 4.78 is 2.10. The van der Waals surface area contributed by atoms with Crippen molar-refractivity contribution in [2.75, 3.05) is 11.9 Å². The van der Waals surface area contributed by atoms with Gasteiger partial charge in [-0.25, -0.2) is 4.98 Å². The van der Waals surface area contributed by atoms with Crippen molar-refractivity contribution in [2.24, 2.45) is 0 Å². The maximum atomic E-state index is 11.5. The highest BCUT2D eigenvalue weighted by molar-refractivity contribution is 5.96. The first-order valence-electron chi connectivity index (χ1n) is 8.76. The molecule has 3 aromatic carbocycles. The summed E-state index contributed by atoms with van der Waals surface area (Å²) in [4.78, 5) is 16.3. The smallest absolute Gasteiger partial charge is 0.208 e. The number of ketones is 1. The Hall–Kier alpha value is -3.44. The molecule has 0 saturated heterocycles. The van der Waals surface area contributed by atoms with E-state index in [2.05, 4.69) is 28.1 Å². The highest BCUT2D eigenvalue weighted by Gasteiger charge is 2.12. The van der Waals surface area contributed by atoms with Gasteiger partial charge in [0.2, 0.25) is 5.95 Å². The van der Waals surface area contributed by atoms with Gasteiger partial charge in [-0.3, -0.25) is 9.36 Å². The topological polar surface area (TPSA) is 67.2 Å². The second kappa shape index (κ2) is 7.43. The number of aromatic nitrogens is 2. The number of hydrogen-bond donors (Lipinski definition) is 2. The molecule has 4 aromatic rings. The number of aliphatic hydroxyl groups excluding tert-OH is 1. The van der Waals surface area contributed by atoms with E-state index in [4.69, 9.17) is 10.1 Å². The van der Waals surface area contributed by atoms with Crippen LogP contribution in [-0.4, -0.2) is 27.0 Å². The standard InChI is InChI=1S/C22H19N3O2/c26-15-21(27)17-12-10-16(11-13-17)14-23-22-24-19-8-4-5-9-20(19)25(22)18-6-2-1-3-7-18/h1-13,26H,14-15H2,(H,23,24). The zero-order chi connectivity index (χ0) is 18.6. The van der Waals surface area contributed by atoms with Crippen molar-refractivity contribution in [3.05, 3.63) is 90.0 Å². The number of carbonyl (C=O) groups is 1. The van der Waals surface area contributed by atoms with Gasteiger partial charge in [-0.05, 0) is 29.8 Å². The van der Waals surface area contributed by atoms with E-state index in [0.29, 0.717) is 12.1 Å². The van der Waals surface area contributed by atoms with Gasteiger partial charge < -0.3 is 10.4 Å². The van der Waals surface area contributed by atoms with E-state index in [-0.39, 0.29) is 5.78 Å². The van der Waals surface area contributed by atoms with Gasteiger partial charge in [0.15, 0.2) is 5.78 Å². The van der Waals surface area contributed by atoms with Crippen LogP contribution < -0.4 is 5.32 Å². The Kier molecular flexibility index (Phi) is 4.68. The molecule has 1 heterocycles. The first kappa shape index (κ1) is 17.0. The number of para-hydroxylation sites is 3. The molecule has 0 saturated carbocycles. The summed E-state index contributed by atoms with van der Waals surface area (Å²) in [7, 11) is 0. The molecule has 5 heteroatoms. The van der Waals surface area contributed by atoms with Crippen LogP contribution in [0.3, 0.4) is 0 Å². The van der Waals surface area contributed by atoms with E-state index in [0.717, 1.165) is 28.2 Å². The Bertz CT molecular complexity index is 1070. The van der Waals surface area contributed by atoms with Crippen molar-refractivity contribution in [1.82, 2.24) is 9.55 Å². The number of rotatable bonds is 6. The zero-order valence-electron chi connectivity index (χ0n) is 14.7. The third-order valence-electron chi connectivity index (χ3n) is 4.45. The zero-order valence-corrected chi connectivity index (χ0v) is 14.7. The molecule has 0 aliphatic rings. The highest BCUT2D eigenvalue weighted by Crippen LogP contribution is 2.24. The SMILES string of the molecule is O=C(CO)c1ccc(CNc2nc3ccccc3n2-c2ccccc2)cc1. The van der Waals surface area contributed by atoms with Gasteiger partial charge in [0.1, 0.15) is 6.61 Å². The van der Waals surface area contributed by atoms with Crippen LogP contribution >= 0.6 is 0 Å². The Morgan fingerprint density at radius 2 is 1.63 bits per heavy atom. The summed E-state index contributed by atoms with van der Waals surface area (Å²) >= 11 is 0. The fourth-order valence-electron chi connectivity index (χ4n) is 3.06. The molecule has 27 heavy (non-hydrogen) atoms. The number of nitrogens with one attached hydrogen (secondary N) is 1. The third-order valence-corrected chi connectivity index (χ3v) is 4.45. The van der Waals surface area contributed by atoms with Crippen molar-refractivity contribution in [3.63, 3.8) is 0 Å². The molecule has 134 valence electrons. The molecule has 0 atom stereocenters. The van der Waals surface area contributed by atoms with Crippen molar-refractivity contribution in [2.45, 2.75) is 6.54 Å². The average molecular weight is 357 g/mol. The quantitative estimate of drug-likeness (QED) is 0.515. The molecule has 0 spiro atoms. The average Bonchev–Trinajstić information content (AvgIpc) is 3.11. The first-order valence-corrected chi connectivity index (χ1v) is 8.76. The van der Waals surface area contributed by atoms with Crippen LogP contribution in [0.2, 0.25) is 0 Å². The molecule has 0 fully saturated rings. The second-order valence-electron chi connectivity index (χ2n) is 6.23. The van der Waals surface area contributed by atoms with E-state index in [1.54, 1.807) is 12.1 Å². The van der Waals surface area contributed by atoms with Gasteiger partial charge in [0.25, 0.3) is 0 Å². The number of carbonyl (C=O) groups excluding carboxylic acids is 1. The lowest BCUT2D eigenvalue weighted by Gasteiger charge is -2.11. The number of fused-ring (bicyclic) bond motifs is 1. The fraction of sp³-hybridized carbons (Fsp3) is 0.0909. The minimum atomic E-state index is -0.474. The maximum absolute atomic E-state index is 11.5. The van der Waals surface area contributed by atoms with Crippen molar-refractivity contribution >= 4 is 22.8 Å². The minimum absolute atomic E-state index is 0.277. The van der Waals surface area contributed by atoms with Crippen molar-refractivity contribution in [3.8, 4) is 5.69 Å². The van der Waals surface area contributed by atoms with E-state index in [9.17, 15) is 4.79 Å². The van der Waals surface area contributed by atoms with E-state index < -0.39 is 6.61 Å². The Morgan fingerprint density at radius 3 is 2.37 bits per heavy atom. The van der Waals surface area contributed by atoms with Crippen LogP contribution in [0.15, 0.2) is 78.9 Å². The maximum Gasteiger partial charge on any atom is 0.208 e. The molecular formula is C22H19N3O2. The summed E-state index contributed by atoms with van der Waals surface area (Å²) in [5.74, 6) is 0.485. The lowest BCUT2D eigenvalue weighted by atomic mass is 10.1. The normalized spacial score (nSPS) is 10.9. The minimum Gasteiger partial charge on any atom is -0.388 e. The van der Waals surface area contributed by atoms with Crippen LogP contribution in [0.1, 0.15) is 15.9 Å². The molecular weight excluding hydrogens is 338 g/mol. The predicted molar refractivity (Wildman–Crippen MR) is 106 cm³/mol. The molecule has 5 nitrogen and oxygen atoms in total. The van der Waals surface area contributed by atoms with Crippen LogP contribution in [-0.2, 0) is 6.54 Å². The van der Waals surface area contributed by atoms with Gasteiger partial charge >= 0.3 is 0 Å².